The Labute approximate surface area is 171 Å². The van der Waals surface area contributed by atoms with Gasteiger partial charge in [0.1, 0.15) is 0 Å². The third kappa shape index (κ3) is 5.00. The molecule has 1 atom stereocenters. The second-order valence-corrected chi connectivity index (χ2v) is 8.09. The molecular weight excluding hydrogens is 368 g/mol. The summed E-state index contributed by atoms with van der Waals surface area (Å²) in [5.74, 6) is 0.980. The predicted molar refractivity (Wildman–Crippen MR) is 109 cm³/mol. The smallest absolute Gasteiger partial charge is 0.224 e. The molecule has 8 nitrogen and oxygen atoms in total. The minimum atomic E-state index is 0.106. The molecule has 1 aliphatic carbocycles. The molecule has 2 aliphatic rings. The van der Waals surface area contributed by atoms with Gasteiger partial charge in [-0.1, -0.05) is 30.3 Å². The fourth-order valence-corrected chi connectivity index (χ4v) is 4.32. The first-order valence-electron chi connectivity index (χ1n) is 10.6. The Morgan fingerprint density at radius 2 is 1.97 bits per heavy atom. The zero-order valence-electron chi connectivity index (χ0n) is 17.0. The lowest BCUT2D eigenvalue weighted by molar-refractivity contribution is -0.125. The zero-order valence-corrected chi connectivity index (χ0v) is 17.0. The minimum Gasteiger partial charge on any atom is -0.383 e. The van der Waals surface area contributed by atoms with Crippen molar-refractivity contribution in [1.82, 2.24) is 30.4 Å². The fourth-order valence-electron chi connectivity index (χ4n) is 4.32. The number of tetrazole rings is 1. The van der Waals surface area contributed by atoms with Gasteiger partial charge in [0.15, 0.2) is 0 Å². The number of benzene rings is 1. The monoisotopic (exact) mass is 398 g/mol. The molecule has 8 heteroatoms. The first kappa shape index (κ1) is 20.0. The van der Waals surface area contributed by atoms with Gasteiger partial charge in [-0.05, 0) is 43.9 Å². The Morgan fingerprint density at radius 3 is 2.72 bits per heavy atom. The van der Waals surface area contributed by atoms with Gasteiger partial charge < -0.3 is 15.0 Å². The highest BCUT2D eigenvalue weighted by atomic mass is 16.5. The van der Waals surface area contributed by atoms with Gasteiger partial charge in [0.2, 0.25) is 11.7 Å². The van der Waals surface area contributed by atoms with E-state index in [2.05, 4.69) is 25.6 Å². The average molecular weight is 399 g/mol. The van der Waals surface area contributed by atoms with Crippen LogP contribution in [-0.4, -0.2) is 70.4 Å². The van der Waals surface area contributed by atoms with Crippen LogP contribution in [0.1, 0.15) is 38.1 Å². The summed E-state index contributed by atoms with van der Waals surface area (Å²) in [4.78, 5) is 16.7. The largest absolute Gasteiger partial charge is 0.383 e. The van der Waals surface area contributed by atoms with Crippen LogP contribution in [0.3, 0.4) is 0 Å². The van der Waals surface area contributed by atoms with E-state index in [9.17, 15) is 4.79 Å². The molecule has 2 aromatic rings. The molecule has 1 unspecified atom stereocenters. The van der Waals surface area contributed by atoms with Gasteiger partial charge in [-0.3, -0.25) is 4.79 Å². The lowest BCUT2D eigenvalue weighted by Gasteiger charge is -2.29. The zero-order chi connectivity index (χ0) is 20.1. The average Bonchev–Trinajstić information content (AvgIpc) is 3.44. The van der Waals surface area contributed by atoms with Crippen LogP contribution in [0.15, 0.2) is 30.3 Å². The normalized spacial score (nSPS) is 25.2. The van der Waals surface area contributed by atoms with Gasteiger partial charge in [0, 0.05) is 31.8 Å². The Morgan fingerprint density at radius 1 is 1.17 bits per heavy atom. The Kier molecular flexibility index (Phi) is 6.51. The predicted octanol–water partition coefficient (Wildman–Crippen LogP) is 1.91. The molecule has 29 heavy (non-hydrogen) atoms. The number of rotatable bonds is 7. The summed E-state index contributed by atoms with van der Waals surface area (Å²) in [5.41, 5.74) is 0.982. The Hall–Kier alpha value is -2.32. The van der Waals surface area contributed by atoms with Gasteiger partial charge in [-0.2, -0.15) is 4.80 Å². The van der Waals surface area contributed by atoms with E-state index >= 15 is 0 Å². The minimum absolute atomic E-state index is 0.106. The number of aromatic nitrogens is 4. The Bertz CT molecular complexity index is 787. The molecule has 0 bridgehead atoms. The molecule has 2 heterocycles. The number of nitrogens with one attached hydrogen (secondary N) is 1. The third-order valence-electron chi connectivity index (χ3n) is 6.08. The number of likely N-dealkylation sites (tertiary alicyclic amines) is 1. The van der Waals surface area contributed by atoms with Crippen molar-refractivity contribution in [3.05, 3.63) is 30.3 Å². The molecule has 4 rings (SSSR count). The second kappa shape index (κ2) is 9.45. The summed E-state index contributed by atoms with van der Waals surface area (Å²) >= 11 is 0. The van der Waals surface area contributed by atoms with E-state index in [4.69, 9.17) is 4.74 Å². The van der Waals surface area contributed by atoms with Crippen LogP contribution in [0.2, 0.25) is 0 Å². The van der Waals surface area contributed by atoms with Crippen LogP contribution in [0, 0.1) is 5.92 Å². The van der Waals surface area contributed by atoms with E-state index in [1.54, 1.807) is 11.9 Å². The lowest BCUT2D eigenvalue weighted by Crippen LogP contribution is -2.42. The topological polar surface area (TPSA) is 85.2 Å². The van der Waals surface area contributed by atoms with Crippen molar-refractivity contribution < 1.29 is 9.53 Å². The number of amides is 1. The van der Waals surface area contributed by atoms with Crippen LogP contribution in [0.4, 0.5) is 0 Å². The lowest BCUT2D eigenvalue weighted by atomic mass is 9.91. The fraction of sp³-hybridized carbons (Fsp3) is 0.619. The first-order chi connectivity index (χ1) is 14.2. The number of nitrogens with zero attached hydrogens (tertiary/aromatic N) is 5. The van der Waals surface area contributed by atoms with E-state index < -0.39 is 0 Å². The number of methoxy groups -OCH3 is 1. The molecule has 2 fully saturated rings. The molecular formula is C21H30N6O2. The van der Waals surface area contributed by atoms with Crippen molar-refractivity contribution in [3.8, 4) is 11.4 Å². The van der Waals surface area contributed by atoms with E-state index in [-0.39, 0.29) is 23.9 Å². The van der Waals surface area contributed by atoms with E-state index in [0.717, 1.165) is 63.9 Å². The number of hydrogen-bond donors (Lipinski definition) is 1. The van der Waals surface area contributed by atoms with Crippen molar-refractivity contribution in [1.29, 1.82) is 0 Å². The van der Waals surface area contributed by atoms with Crippen LogP contribution in [0.25, 0.3) is 11.4 Å². The second-order valence-electron chi connectivity index (χ2n) is 8.09. The van der Waals surface area contributed by atoms with Gasteiger partial charge >= 0.3 is 0 Å². The van der Waals surface area contributed by atoms with Crippen LogP contribution in [0.5, 0.6) is 0 Å². The van der Waals surface area contributed by atoms with Gasteiger partial charge in [-0.25, -0.2) is 0 Å². The maximum absolute atomic E-state index is 12.6. The maximum Gasteiger partial charge on any atom is 0.224 e. The molecule has 0 spiro atoms. The summed E-state index contributed by atoms with van der Waals surface area (Å²) in [6.07, 6.45) is 4.77. The quantitative estimate of drug-likeness (QED) is 0.767. The molecule has 156 valence electrons. The highest BCUT2D eigenvalue weighted by molar-refractivity contribution is 5.79. The summed E-state index contributed by atoms with van der Waals surface area (Å²) in [7, 11) is 1.72. The maximum atomic E-state index is 12.6. The van der Waals surface area contributed by atoms with E-state index in [1.165, 1.54) is 0 Å². The SMILES string of the molecule is COCCN1CCC(C(=O)NC2CCC(n3nnc(-c4ccccc4)n3)CC2)C1. The first-order valence-corrected chi connectivity index (χ1v) is 10.6. The third-order valence-corrected chi connectivity index (χ3v) is 6.08. The number of hydrogen-bond acceptors (Lipinski definition) is 6. The van der Waals surface area contributed by atoms with Crippen molar-refractivity contribution in [3.63, 3.8) is 0 Å². The Balaban J connectivity index is 1.24. The standard InChI is InChI=1S/C21H30N6O2/c1-29-14-13-26-12-11-17(15-26)21(28)22-18-7-9-19(10-8-18)27-24-20(23-25-27)16-5-3-2-4-6-16/h2-6,17-19H,7-15H2,1H3,(H,22,28). The van der Waals surface area contributed by atoms with Gasteiger partial charge in [0.25, 0.3) is 0 Å². The van der Waals surface area contributed by atoms with Crippen LogP contribution >= 0.6 is 0 Å². The van der Waals surface area contributed by atoms with Gasteiger partial charge in [0.05, 0.1) is 18.6 Å². The van der Waals surface area contributed by atoms with Gasteiger partial charge in [-0.15, -0.1) is 10.2 Å². The number of carbonyl (C=O) groups excluding carboxylic acids is 1. The molecule has 0 radical (unpaired) electrons. The molecule has 1 saturated carbocycles. The number of carbonyl (C=O) groups is 1. The molecule has 1 aromatic heterocycles. The molecule has 1 saturated heterocycles. The molecule has 1 aliphatic heterocycles. The summed E-state index contributed by atoms with van der Waals surface area (Å²) in [6.45, 7) is 3.45. The molecule has 1 aromatic carbocycles. The summed E-state index contributed by atoms with van der Waals surface area (Å²) in [5, 5.41) is 16.3. The van der Waals surface area contributed by atoms with E-state index in [0.29, 0.717) is 5.82 Å². The molecule has 1 amide bonds. The number of ether oxygens (including phenoxy) is 1. The van der Waals surface area contributed by atoms with E-state index in [1.807, 2.05) is 30.3 Å². The van der Waals surface area contributed by atoms with Crippen LogP contribution < -0.4 is 5.32 Å². The van der Waals surface area contributed by atoms with Crippen molar-refractivity contribution >= 4 is 5.91 Å². The highest BCUT2D eigenvalue weighted by Crippen LogP contribution is 2.28. The highest BCUT2D eigenvalue weighted by Gasteiger charge is 2.31. The van der Waals surface area contributed by atoms with Crippen molar-refractivity contribution in [2.24, 2.45) is 5.92 Å². The summed E-state index contributed by atoms with van der Waals surface area (Å²) < 4.78 is 5.14. The van der Waals surface area contributed by atoms with Crippen molar-refractivity contribution in [2.45, 2.75) is 44.2 Å². The van der Waals surface area contributed by atoms with Crippen LogP contribution in [-0.2, 0) is 9.53 Å². The summed E-state index contributed by atoms with van der Waals surface area (Å²) in [6, 6.07) is 10.4. The molecule has 1 N–H and O–H groups in total. The van der Waals surface area contributed by atoms with Crippen molar-refractivity contribution in [2.75, 3.05) is 33.4 Å².